The number of pyridine rings is 1. The van der Waals surface area contributed by atoms with Gasteiger partial charge < -0.3 is 0 Å². The Hall–Kier alpha value is -1.22. The van der Waals surface area contributed by atoms with Gasteiger partial charge in [-0.2, -0.15) is 0 Å². The van der Waals surface area contributed by atoms with Crippen LogP contribution in [0.3, 0.4) is 0 Å². The van der Waals surface area contributed by atoms with Gasteiger partial charge in [0.05, 0.1) is 11.2 Å². The minimum Gasteiger partial charge on any atom is -0.259 e. The van der Waals surface area contributed by atoms with Gasteiger partial charge in [0.25, 0.3) is 0 Å². The highest BCUT2D eigenvalue weighted by Crippen LogP contribution is 2.19. The van der Waals surface area contributed by atoms with Gasteiger partial charge in [0.2, 0.25) is 0 Å². The van der Waals surface area contributed by atoms with Gasteiger partial charge in [-0.25, -0.2) is 9.97 Å². The molecule has 60 valence electrons. The molecule has 0 aliphatic rings. The van der Waals surface area contributed by atoms with E-state index in [4.69, 9.17) is 11.6 Å². The molecule has 0 atom stereocenters. The molecular weight excluding hydrogens is 174 g/mol. The fraction of sp³-hybridized carbons (Fsp3) is 0.125. The summed E-state index contributed by atoms with van der Waals surface area (Å²) in [5.74, 6) is 0. The van der Waals surface area contributed by atoms with Crippen LogP contribution in [0.5, 0.6) is 0 Å². The lowest BCUT2D eigenvalue weighted by Gasteiger charge is -1.99. The molecule has 0 aliphatic heterocycles. The summed E-state index contributed by atoms with van der Waals surface area (Å²) in [6, 6.07) is 1.81. The van der Waals surface area contributed by atoms with Crippen molar-refractivity contribution in [1.82, 2.24) is 15.0 Å². The molecule has 0 fully saturated rings. The molecule has 0 spiro atoms. The van der Waals surface area contributed by atoms with Crippen LogP contribution in [-0.2, 0) is 0 Å². The zero-order chi connectivity index (χ0) is 8.55. The SMILES string of the molecule is Cc1nccc2c(Cl)ncnc12. The van der Waals surface area contributed by atoms with Crippen molar-refractivity contribution in [3.63, 3.8) is 0 Å². The maximum absolute atomic E-state index is 5.85. The van der Waals surface area contributed by atoms with Crippen molar-refractivity contribution >= 4 is 22.5 Å². The molecule has 2 aromatic heterocycles. The molecule has 0 amide bonds. The van der Waals surface area contributed by atoms with Crippen LogP contribution in [0, 0.1) is 6.92 Å². The van der Waals surface area contributed by atoms with E-state index in [2.05, 4.69) is 15.0 Å². The smallest absolute Gasteiger partial charge is 0.140 e. The highest BCUT2D eigenvalue weighted by atomic mass is 35.5. The van der Waals surface area contributed by atoms with Crippen LogP contribution in [0.15, 0.2) is 18.6 Å². The molecule has 2 rings (SSSR count). The summed E-state index contributed by atoms with van der Waals surface area (Å²) in [6.07, 6.45) is 3.15. The Morgan fingerprint density at radius 1 is 1.25 bits per heavy atom. The maximum Gasteiger partial charge on any atom is 0.140 e. The Balaban J connectivity index is 2.94. The van der Waals surface area contributed by atoms with Crippen molar-refractivity contribution in [1.29, 1.82) is 0 Å². The van der Waals surface area contributed by atoms with Gasteiger partial charge in [-0.05, 0) is 13.0 Å². The van der Waals surface area contributed by atoms with Gasteiger partial charge in [-0.15, -0.1) is 0 Å². The third-order valence-corrected chi connectivity index (χ3v) is 1.99. The second kappa shape index (κ2) is 2.68. The number of hydrogen-bond acceptors (Lipinski definition) is 3. The van der Waals surface area contributed by atoms with E-state index in [0.29, 0.717) is 5.15 Å². The van der Waals surface area contributed by atoms with Crippen LogP contribution in [0.1, 0.15) is 5.69 Å². The van der Waals surface area contributed by atoms with Crippen LogP contribution in [0.2, 0.25) is 5.15 Å². The van der Waals surface area contributed by atoms with Crippen molar-refractivity contribution in [2.24, 2.45) is 0 Å². The number of aromatic nitrogens is 3. The predicted octanol–water partition coefficient (Wildman–Crippen LogP) is 1.99. The molecule has 2 heterocycles. The fourth-order valence-corrected chi connectivity index (χ4v) is 1.29. The van der Waals surface area contributed by atoms with Gasteiger partial charge in [0.15, 0.2) is 0 Å². The van der Waals surface area contributed by atoms with Crippen LogP contribution in [0.25, 0.3) is 10.9 Å². The first-order valence-electron chi connectivity index (χ1n) is 3.51. The number of rotatable bonds is 0. The quantitative estimate of drug-likeness (QED) is 0.581. The van der Waals surface area contributed by atoms with E-state index in [0.717, 1.165) is 16.6 Å². The zero-order valence-corrected chi connectivity index (χ0v) is 7.21. The van der Waals surface area contributed by atoms with Crippen molar-refractivity contribution in [3.8, 4) is 0 Å². The molecule has 2 aromatic rings. The highest BCUT2D eigenvalue weighted by Gasteiger charge is 2.02. The molecule has 0 radical (unpaired) electrons. The van der Waals surface area contributed by atoms with Crippen LogP contribution in [0.4, 0.5) is 0 Å². The first-order chi connectivity index (χ1) is 5.79. The summed E-state index contributed by atoms with van der Waals surface area (Å²) in [6.45, 7) is 1.89. The normalized spacial score (nSPS) is 10.5. The lowest BCUT2D eigenvalue weighted by atomic mass is 10.2. The minimum atomic E-state index is 0.477. The largest absolute Gasteiger partial charge is 0.259 e. The van der Waals surface area contributed by atoms with Gasteiger partial charge in [0, 0.05) is 11.6 Å². The number of hydrogen-bond donors (Lipinski definition) is 0. The van der Waals surface area contributed by atoms with E-state index >= 15 is 0 Å². The molecule has 0 bridgehead atoms. The topological polar surface area (TPSA) is 38.7 Å². The van der Waals surface area contributed by atoms with Crippen molar-refractivity contribution in [2.75, 3.05) is 0 Å². The highest BCUT2D eigenvalue weighted by molar-refractivity contribution is 6.34. The van der Waals surface area contributed by atoms with E-state index in [-0.39, 0.29) is 0 Å². The summed E-state index contributed by atoms with van der Waals surface area (Å²) in [7, 11) is 0. The van der Waals surface area contributed by atoms with Gasteiger partial charge >= 0.3 is 0 Å². The van der Waals surface area contributed by atoms with E-state index in [1.54, 1.807) is 6.20 Å². The van der Waals surface area contributed by atoms with Crippen LogP contribution in [-0.4, -0.2) is 15.0 Å². The van der Waals surface area contributed by atoms with Gasteiger partial charge in [-0.1, -0.05) is 11.6 Å². The van der Waals surface area contributed by atoms with Crippen molar-refractivity contribution in [3.05, 3.63) is 29.4 Å². The number of fused-ring (bicyclic) bond motifs is 1. The summed E-state index contributed by atoms with van der Waals surface area (Å²) in [5.41, 5.74) is 1.69. The second-order valence-electron chi connectivity index (χ2n) is 2.46. The standard InChI is InChI=1S/C8H6ClN3/c1-5-7-6(2-3-10-5)8(9)12-4-11-7/h2-4H,1H3. The van der Waals surface area contributed by atoms with E-state index < -0.39 is 0 Å². The van der Waals surface area contributed by atoms with Crippen molar-refractivity contribution in [2.45, 2.75) is 6.92 Å². The predicted molar refractivity (Wildman–Crippen MR) is 47.1 cm³/mol. The van der Waals surface area contributed by atoms with E-state index in [9.17, 15) is 0 Å². The monoisotopic (exact) mass is 179 g/mol. The Morgan fingerprint density at radius 2 is 2.08 bits per heavy atom. The number of halogens is 1. The lowest BCUT2D eigenvalue weighted by molar-refractivity contribution is 1.16. The average Bonchev–Trinajstić information content (AvgIpc) is 2.07. The lowest BCUT2D eigenvalue weighted by Crippen LogP contribution is -1.88. The summed E-state index contributed by atoms with van der Waals surface area (Å²) < 4.78 is 0. The molecule has 0 aliphatic carbocycles. The number of aryl methyl sites for hydroxylation is 1. The first kappa shape index (κ1) is 7.43. The summed E-state index contributed by atoms with van der Waals surface area (Å²) >= 11 is 5.85. The second-order valence-corrected chi connectivity index (χ2v) is 2.82. The number of nitrogens with zero attached hydrogens (tertiary/aromatic N) is 3. The average molecular weight is 180 g/mol. The molecule has 0 aromatic carbocycles. The minimum absolute atomic E-state index is 0.477. The van der Waals surface area contributed by atoms with E-state index in [1.807, 2.05) is 13.0 Å². The molecule has 4 heteroatoms. The molecule has 0 N–H and O–H groups in total. The van der Waals surface area contributed by atoms with Crippen LogP contribution >= 0.6 is 11.6 Å². The van der Waals surface area contributed by atoms with E-state index in [1.165, 1.54) is 6.33 Å². The molecule has 0 saturated carbocycles. The van der Waals surface area contributed by atoms with Gasteiger partial charge in [-0.3, -0.25) is 4.98 Å². The molecule has 12 heavy (non-hydrogen) atoms. The third-order valence-electron chi connectivity index (χ3n) is 1.69. The van der Waals surface area contributed by atoms with Crippen molar-refractivity contribution < 1.29 is 0 Å². The Kier molecular flexibility index (Phi) is 1.66. The molecule has 0 saturated heterocycles. The maximum atomic E-state index is 5.85. The Morgan fingerprint density at radius 3 is 2.83 bits per heavy atom. The molecule has 0 unspecified atom stereocenters. The first-order valence-corrected chi connectivity index (χ1v) is 3.88. The Bertz CT molecular complexity index is 386. The zero-order valence-electron chi connectivity index (χ0n) is 6.45. The fourth-order valence-electron chi connectivity index (χ4n) is 1.09. The molecular formula is C8H6ClN3. The van der Waals surface area contributed by atoms with Crippen LogP contribution < -0.4 is 0 Å². The summed E-state index contributed by atoms with van der Waals surface area (Å²) in [5, 5.41) is 1.33. The Labute approximate surface area is 74.4 Å². The molecule has 3 nitrogen and oxygen atoms in total. The van der Waals surface area contributed by atoms with Gasteiger partial charge in [0.1, 0.15) is 11.5 Å². The third kappa shape index (κ3) is 1.02. The summed E-state index contributed by atoms with van der Waals surface area (Å²) in [4.78, 5) is 12.1.